The van der Waals surface area contributed by atoms with Crippen molar-refractivity contribution in [2.45, 2.75) is 30.5 Å². The van der Waals surface area contributed by atoms with Crippen molar-refractivity contribution in [2.75, 3.05) is 0 Å². The lowest BCUT2D eigenvalue weighted by Crippen LogP contribution is -2.64. The molecule has 25 heavy (non-hydrogen) atoms. The van der Waals surface area contributed by atoms with Gasteiger partial charge in [0.25, 0.3) is 5.79 Å². The highest BCUT2D eigenvalue weighted by Gasteiger charge is 2.70. The molecule has 0 radical (unpaired) electrons. The number of carbonyl (C=O) groups excluding carboxylic acids is 1. The quantitative estimate of drug-likeness (QED) is 0.747. The summed E-state index contributed by atoms with van der Waals surface area (Å²) in [6.45, 7) is 0. The molecule has 2 aliphatic heterocycles. The van der Waals surface area contributed by atoms with Crippen LogP contribution in [0.3, 0.4) is 0 Å². The average molecular weight is 336 g/mol. The number of hydrogen-bond acceptors (Lipinski definition) is 5. The van der Waals surface area contributed by atoms with E-state index < -0.39 is 23.9 Å². The molecule has 2 heterocycles. The first-order chi connectivity index (χ1) is 12.2. The van der Waals surface area contributed by atoms with Gasteiger partial charge in [-0.2, -0.15) is 0 Å². The first kappa shape index (κ1) is 13.9. The zero-order valence-electron chi connectivity index (χ0n) is 13.3. The number of carbonyl (C=O) groups is 1. The standard InChI is InChI=1S/C20H16O5/c21-11-7-8-15-19-18(11)12(22)9-16(23-15)20(19)24-13-5-1-3-10-4-2-6-14(25-20)17(10)13/h1-8,11,15-16,18-19,21H,9H2/t11-,15-,16+,18+,19+/m0/s1. The Labute approximate surface area is 143 Å². The molecule has 6 rings (SSSR count). The van der Waals surface area contributed by atoms with Crippen molar-refractivity contribution in [3.05, 3.63) is 48.6 Å². The SMILES string of the molecule is O=C1C[C@H]2O[C@H]3C=C[C@H](O)[C@H]1[C@@H]3C21Oc2cccc3cccc(c23)O1. The van der Waals surface area contributed by atoms with Gasteiger partial charge < -0.3 is 19.3 Å². The highest BCUT2D eigenvalue weighted by atomic mass is 16.7. The van der Waals surface area contributed by atoms with Crippen LogP contribution in [0.15, 0.2) is 48.6 Å². The van der Waals surface area contributed by atoms with Gasteiger partial charge >= 0.3 is 0 Å². The molecule has 4 aliphatic rings. The molecular weight excluding hydrogens is 320 g/mol. The number of aliphatic hydroxyl groups excluding tert-OH is 1. The van der Waals surface area contributed by atoms with Gasteiger partial charge in [0.2, 0.25) is 0 Å². The lowest BCUT2D eigenvalue weighted by molar-refractivity contribution is -0.206. The summed E-state index contributed by atoms with van der Waals surface area (Å²) >= 11 is 0. The molecule has 5 nitrogen and oxygen atoms in total. The van der Waals surface area contributed by atoms with E-state index in [-0.39, 0.29) is 24.2 Å². The van der Waals surface area contributed by atoms with Crippen LogP contribution in [0.5, 0.6) is 11.5 Å². The van der Waals surface area contributed by atoms with Gasteiger partial charge in [-0.05, 0) is 17.5 Å². The maximum Gasteiger partial charge on any atom is 0.284 e. The minimum Gasteiger partial charge on any atom is -0.448 e. The Morgan fingerprint density at radius 3 is 2.48 bits per heavy atom. The monoisotopic (exact) mass is 336 g/mol. The predicted molar refractivity (Wildman–Crippen MR) is 88.3 cm³/mol. The molecule has 2 aromatic rings. The first-order valence-corrected chi connectivity index (χ1v) is 8.62. The lowest BCUT2D eigenvalue weighted by Gasteiger charge is -2.47. The third-order valence-corrected chi connectivity index (χ3v) is 5.97. The van der Waals surface area contributed by atoms with Crippen molar-refractivity contribution in [2.24, 2.45) is 11.8 Å². The Kier molecular flexibility index (Phi) is 2.45. The van der Waals surface area contributed by atoms with Gasteiger partial charge in [0.15, 0.2) is 0 Å². The topological polar surface area (TPSA) is 65.0 Å². The number of aliphatic hydroxyl groups is 1. The predicted octanol–water partition coefficient (Wildman–Crippen LogP) is 2.21. The van der Waals surface area contributed by atoms with E-state index in [1.54, 1.807) is 6.08 Å². The highest BCUT2D eigenvalue weighted by molar-refractivity contribution is 5.94. The van der Waals surface area contributed by atoms with Crippen LogP contribution >= 0.6 is 0 Å². The molecule has 1 saturated heterocycles. The van der Waals surface area contributed by atoms with Gasteiger partial charge in [0.05, 0.1) is 29.4 Å². The van der Waals surface area contributed by atoms with E-state index in [0.29, 0.717) is 0 Å². The van der Waals surface area contributed by atoms with E-state index in [1.807, 2.05) is 42.5 Å². The second-order valence-electron chi connectivity index (χ2n) is 7.22. The molecule has 1 spiro atoms. The summed E-state index contributed by atoms with van der Waals surface area (Å²) < 4.78 is 18.9. The minimum atomic E-state index is -1.07. The van der Waals surface area contributed by atoms with Crippen molar-refractivity contribution < 1.29 is 24.1 Å². The molecular formula is C20H16O5. The second kappa shape index (κ2) is 4.42. The van der Waals surface area contributed by atoms with Crippen molar-refractivity contribution in [1.29, 1.82) is 0 Å². The average Bonchev–Trinajstić information content (AvgIpc) is 2.81. The summed E-state index contributed by atoms with van der Waals surface area (Å²) in [5, 5.41) is 12.4. The molecule has 2 fully saturated rings. The second-order valence-corrected chi connectivity index (χ2v) is 7.22. The van der Waals surface area contributed by atoms with E-state index in [1.165, 1.54) is 0 Å². The third-order valence-electron chi connectivity index (χ3n) is 5.97. The number of ether oxygens (including phenoxy) is 3. The molecule has 2 aromatic carbocycles. The fourth-order valence-corrected chi connectivity index (χ4v) is 4.96. The van der Waals surface area contributed by atoms with Crippen LogP contribution in [0.2, 0.25) is 0 Å². The maximum absolute atomic E-state index is 12.6. The van der Waals surface area contributed by atoms with Crippen LogP contribution in [0.4, 0.5) is 0 Å². The molecule has 2 bridgehead atoms. The van der Waals surface area contributed by atoms with Crippen LogP contribution in [0.25, 0.3) is 10.8 Å². The number of hydrogen-bond donors (Lipinski definition) is 1. The molecule has 2 aliphatic carbocycles. The van der Waals surface area contributed by atoms with Gasteiger partial charge in [-0.1, -0.05) is 36.4 Å². The number of Topliss-reactive ketones (excluding diaryl/α,β-unsaturated/α-hetero) is 1. The van der Waals surface area contributed by atoms with E-state index in [2.05, 4.69) is 0 Å². The van der Waals surface area contributed by atoms with E-state index in [9.17, 15) is 9.90 Å². The lowest BCUT2D eigenvalue weighted by atomic mass is 9.67. The van der Waals surface area contributed by atoms with Gasteiger partial charge in [-0.3, -0.25) is 4.79 Å². The molecule has 5 atom stereocenters. The van der Waals surface area contributed by atoms with E-state index in [0.717, 1.165) is 22.3 Å². The third kappa shape index (κ3) is 1.58. The fourth-order valence-electron chi connectivity index (χ4n) is 4.96. The Bertz CT molecular complexity index is 908. The summed E-state index contributed by atoms with van der Waals surface area (Å²) in [6, 6.07) is 11.8. The summed E-state index contributed by atoms with van der Waals surface area (Å²) in [5.74, 6) is -0.487. The molecule has 126 valence electrons. The largest absolute Gasteiger partial charge is 0.448 e. The summed E-state index contributed by atoms with van der Waals surface area (Å²) in [7, 11) is 0. The van der Waals surface area contributed by atoms with Crippen LogP contribution in [0, 0.1) is 11.8 Å². The molecule has 0 amide bonds. The summed E-state index contributed by atoms with van der Waals surface area (Å²) in [4.78, 5) is 12.6. The Hall–Kier alpha value is -2.37. The molecule has 1 saturated carbocycles. The highest BCUT2D eigenvalue weighted by Crippen LogP contribution is 2.56. The van der Waals surface area contributed by atoms with Crippen LogP contribution < -0.4 is 9.47 Å². The Morgan fingerprint density at radius 1 is 1.04 bits per heavy atom. The smallest absolute Gasteiger partial charge is 0.284 e. The van der Waals surface area contributed by atoms with E-state index in [4.69, 9.17) is 14.2 Å². The van der Waals surface area contributed by atoms with Gasteiger partial charge in [-0.15, -0.1) is 0 Å². The van der Waals surface area contributed by atoms with E-state index >= 15 is 0 Å². The number of ketones is 1. The zero-order valence-corrected chi connectivity index (χ0v) is 13.3. The summed E-state index contributed by atoms with van der Waals surface area (Å²) in [5.41, 5.74) is 0. The number of benzene rings is 2. The number of rotatable bonds is 0. The summed E-state index contributed by atoms with van der Waals surface area (Å²) in [6.07, 6.45) is 2.09. The zero-order chi connectivity index (χ0) is 16.8. The Morgan fingerprint density at radius 2 is 1.76 bits per heavy atom. The van der Waals surface area contributed by atoms with Crippen LogP contribution in [-0.2, 0) is 9.53 Å². The maximum atomic E-state index is 12.6. The van der Waals surface area contributed by atoms with Gasteiger partial charge in [0, 0.05) is 6.42 Å². The minimum absolute atomic E-state index is 0.0178. The van der Waals surface area contributed by atoms with Crippen LogP contribution in [0.1, 0.15) is 6.42 Å². The molecule has 0 unspecified atom stereocenters. The Balaban J connectivity index is 1.56. The van der Waals surface area contributed by atoms with Crippen molar-refractivity contribution in [1.82, 2.24) is 0 Å². The van der Waals surface area contributed by atoms with Gasteiger partial charge in [-0.25, -0.2) is 0 Å². The first-order valence-electron chi connectivity index (χ1n) is 8.62. The molecule has 5 heteroatoms. The van der Waals surface area contributed by atoms with Crippen molar-refractivity contribution in [3.8, 4) is 11.5 Å². The fraction of sp³-hybridized carbons (Fsp3) is 0.350. The van der Waals surface area contributed by atoms with Crippen molar-refractivity contribution >= 4 is 16.6 Å². The van der Waals surface area contributed by atoms with Crippen LogP contribution in [-0.4, -0.2) is 35.0 Å². The van der Waals surface area contributed by atoms with Gasteiger partial charge in [0.1, 0.15) is 23.4 Å². The molecule has 0 aromatic heterocycles. The normalized spacial score (nSPS) is 36.4. The van der Waals surface area contributed by atoms with Crippen molar-refractivity contribution in [3.63, 3.8) is 0 Å². The molecule has 1 N–H and O–H groups in total.